The number of aromatic nitrogens is 2. The highest BCUT2D eigenvalue weighted by atomic mass is 35.5. The maximum atomic E-state index is 5.90. The van der Waals surface area contributed by atoms with Crippen LogP contribution in [-0.4, -0.2) is 16.7 Å². The number of hydrogen-bond acceptors (Lipinski definition) is 2. The minimum atomic E-state index is 0.141. The fraction of sp³-hybridized carbons (Fsp3) is 0.357. The molecule has 0 amide bonds. The molecular weight excluding hydrogens is 246 g/mol. The van der Waals surface area contributed by atoms with E-state index >= 15 is 0 Å². The topological polar surface area (TPSA) is 54.7 Å². The highest BCUT2D eigenvalue weighted by Gasteiger charge is 2.16. The summed E-state index contributed by atoms with van der Waals surface area (Å²) in [4.78, 5) is 0. The van der Waals surface area contributed by atoms with Crippen molar-refractivity contribution in [1.82, 2.24) is 10.2 Å². The Kier molecular flexibility index (Phi) is 4.04. The first-order valence-electron chi connectivity index (χ1n) is 6.12. The maximum absolute atomic E-state index is 5.90. The molecule has 4 heteroatoms. The van der Waals surface area contributed by atoms with Crippen molar-refractivity contribution in [3.8, 4) is 0 Å². The molecule has 2 aromatic rings. The molecule has 0 aliphatic rings. The Morgan fingerprint density at radius 3 is 2.44 bits per heavy atom. The normalized spacial score (nSPS) is 12.9. The molecule has 1 atom stereocenters. The first-order chi connectivity index (χ1) is 8.61. The lowest BCUT2D eigenvalue weighted by molar-refractivity contribution is 0.772. The van der Waals surface area contributed by atoms with E-state index in [1.165, 1.54) is 0 Å². The number of halogens is 1. The molecule has 0 radical (unpaired) electrons. The van der Waals surface area contributed by atoms with Gasteiger partial charge in [0, 0.05) is 23.2 Å². The van der Waals surface area contributed by atoms with Crippen LogP contribution in [-0.2, 0) is 0 Å². The van der Waals surface area contributed by atoms with Gasteiger partial charge in [0.15, 0.2) is 0 Å². The van der Waals surface area contributed by atoms with E-state index in [4.69, 9.17) is 17.3 Å². The fourth-order valence-corrected chi connectivity index (χ4v) is 2.09. The van der Waals surface area contributed by atoms with Gasteiger partial charge in [0.25, 0.3) is 0 Å². The van der Waals surface area contributed by atoms with Crippen LogP contribution in [0.2, 0.25) is 5.02 Å². The summed E-state index contributed by atoms with van der Waals surface area (Å²) < 4.78 is 0. The SMILES string of the molecule is CC(C)c1cc(C(CN)c2ccc(Cl)cc2)[nH]n1. The van der Waals surface area contributed by atoms with Gasteiger partial charge in [-0.15, -0.1) is 0 Å². The van der Waals surface area contributed by atoms with E-state index in [9.17, 15) is 0 Å². The zero-order valence-electron chi connectivity index (χ0n) is 10.7. The van der Waals surface area contributed by atoms with Gasteiger partial charge in [0.1, 0.15) is 0 Å². The first kappa shape index (κ1) is 13.1. The van der Waals surface area contributed by atoms with Gasteiger partial charge in [-0.05, 0) is 29.7 Å². The Labute approximate surface area is 112 Å². The average Bonchev–Trinajstić information content (AvgIpc) is 2.82. The fourth-order valence-electron chi connectivity index (χ4n) is 1.96. The number of H-pyrrole nitrogens is 1. The third-order valence-electron chi connectivity index (χ3n) is 3.09. The highest BCUT2D eigenvalue weighted by molar-refractivity contribution is 6.30. The number of aromatic amines is 1. The van der Waals surface area contributed by atoms with Gasteiger partial charge in [0.2, 0.25) is 0 Å². The van der Waals surface area contributed by atoms with Gasteiger partial charge >= 0.3 is 0 Å². The lowest BCUT2D eigenvalue weighted by Gasteiger charge is -2.13. The van der Waals surface area contributed by atoms with Crippen molar-refractivity contribution >= 4 is 11.6 Å². The zero-order chi connectivity index (χ0) is 13.1. The second kappa shape index (κ2) is 5.55. The molecule has 1 heterocycles. The summed E-state index contributed by atoms with van der Waals surface area (Å²) in [6, 6.07) is 9.89. The lowest BCUT2D eigenvalue weighted by Crippen LogP contribution is -2.14. The van der Waals surface area contributed by atoms with E-state index in [0.717, 1.165) is 22.0 Å². The standard InChI is InChI=1S/C14H18ClN3/c1-9(2)13-7-14(18-17-13)12(8-16)10-3-5-11(15)6-4-10/h3-7,9,12H,8,16H2,1-2H3,(H,17,18). The molecule has 1 aromatic carbocycles. The molecule has 0 aliphatic heterocycles. The van der Waals surface area contributed by atoms with E-state index in [0.29, 0.717) is 12.5 Å². The van der Waals surface area contributed by atoms with Gasteiger partial charge in [-0.3, -0.25) is 5.10 Å². The van der Waals surface area contributed by atoms with E-state index in [1.807, 2.05) is 24.3 Å². The third-order valence-corrected chi connectivity index (χ3v) is 3.34. The smallest absolute Gasteiger partial charge is 0.0650 e. The number of rotatable bonds is 4. The number of nitrogens with one attached hydrogen (secondary N) is 1. The van der Waals surface area contributed by atoms with Crippen LogP contribution in [0.4, 0.5) is 0 Å². The summed E-state index contributed by atoms with van der Waals surface area (Å²) in [7, 11) is 0. The average molecular weight is 264 g/mol. The molecule has 0 aliphatic carbocycles. The molecule has 3 nitrogen and oxygen atoms in total. The molecule has 0 spiro atoms. The molecule has 0 fully saturated rings. The van der Waals surface area contributed by atoms with Crippen molar-refractivity contribution in [3.05, 3.63) is 52.3 Å². The van der Waals surface area contributed by atoms with Gasteiger partial charge < -0.3 is 5.73 Å². The van der Waals surface area contributed by atoms with Crippen LogP contribution in [0.25, 0.3) is 0 Å². The van der Waals surface area contributed by atoms with Crippen LogP contribution in [0.3, 0.4) is 0 Å². The minimum absolute atomic E-state index is 0.141. The Balaban J connectivity index is 2.29. The van der Waals surface area contributed by atoms with Crippen LogP contribution in [0.5, 0.6) is 0 Å². The van der Waals surface area contributed by atoms with Crippen LogP contribution in [0, 0.1) is 0 Å². The predicted molar refractivity (Wildman–Crippen MR) is 75.0 cm³/mol. The molecule has 96 valence electrons. The molecule has 0 saturated heterocycles. The molecule has 2 rings (SSSR count). The van der Waals surface area contributed by atoms with Gasteiger partial charge in [-0.25, -0.2) is 0 Å². The van der Waals surface area contributed by atoms with E-state index in [-0.39, 0.29) is 5.92 Å². The number of nitrogens with zero attached hydrogens (tertiary/aromatic N) is 1. The van der Waals surface area contributed by atoms with E-state index in [1.54, 1.807) is 0 Å². The Hall–Kier alpha value is -1.32. The van der Waals surface area contributed by atoms with Crippen molar-refractivity contribution in [2.24, 2.45) is 5.73 Å². The predicted octanol–water partition coefficient (Wildman–Crippen LogP) is 3.28. The largest absolute Gasteiger partial charge is 0.329 e. The molecule has 3 N–H and O–H groups in total. The quantitative estimate of drug-likeness (QED) is 0.889. The monoisotopic (exact) mass is 263 g/mol. The summed E-state index contributed by atoms with van der Waals surface area (Å²) in [5, 5.41) is 8.15. The second-order valence-electron chi connectivity index (χ2n) is 4.74. The maximum Gasteiger partial charge on any atom is 0.0650 e. The Morgan fingerprint density at radius 1 is 1.28 bits per heavy atom. The van der Waals surface area contributed by atoms with Crippen molar-refractivity contribution in [1.29, 1.82) is 0 Å². The Bertz CT molecular complexity index is 502. The van der Waals surface area contributed by atoms with Gasteiger partial charge in [-0.1, -0.05) is 37.6 Å². The van der Waals surface area contributed by atoms with E-state index < -0.39 is 0 Å². The van der Waals surface area contributed by atoms with E-state index in [2.05, 4.69) is 30.1 Å². The zero-order valence-corrected chi connectivity index (χ0v) is 11.4. The third kappa shape index (κ3) is 2.74. The van der Waals surface area contributed by atoms with Crippen molar-refractivity contribution < 1.29 is 0 Å². The first-order valence-corrected chi connectivity index (χ1v) is 6.50. The molecule has 0 saturated carbocycles. The Morgan fingerprint density at radius 2 is 1.94 bits per heavy atom. The van der Waals surface area contributed by atoms with Crippen LogP contribution < -0.4 is 5.73 Å². The van der Waals surface area contributed by atoms with Crippen LogP contribution >= 0.6 is 11.6 Å². The van der Waals surface area contributed by atoms with Crippen molar-refractivity contribution in [3.63, 3.8) is 0 Å². The van der Waals surface area contributed by atoms with Crippen LogP contribution in [0.15, 0.2) is 30.3 Å². The molecule has 18 heavy (non-hydrogen) atoms. The summed E-state index contributed by atoms with van der Waals surface area (Å²) >= 11 is 5.90. The number of nitrogens with two attached hydrogens (primary N) is 1. The molecule has 1 aromatic heterocycles. The summed E-state index contributed by atoms with van der Waals surface area (Å²) in [5.41, 5.74) is 9.16. The van der Waals surface area contributed by atoms with Gasteiger partial charge in [-0.2, -0.15) is 5.10 Å². The molecule has 0 bridgehead atoms. The molecular formula is C14H18ClN3. The minimum Gasteiger partial charge on any atom is -0.329 e. The number of hydrogen-bond donors (Lipinski definition) is 2. The molecule has 1 unspecified atom stereocenters. The highest BCUT2D eigenvalue weighted by Crippen LogP contribution is 2.25. The summed E-state index contributed by atoms with van der Waals surface area (Å²) in [6.07, 6.45) is 0. The lowest BCUT2D eigenvalue weighted by atomic mass is 9.95. The summed E-state index contributed by atoms with van der Waals surface area (Å²) in [6.45, 7) is 4.79. The van der Waals surface area contributed by atoms with Crippen molar-refractivity contribution in [2.75, 3.05) is 6.54 Å². The second-order valence-corrected chi connectivity index (χ2v) is 5.18. The summed E-state index contributed by atoms with van der Waals surface area (Å²) in [5.74, 6) is 0.556. The van der Waals surface area contributed by atoms with Crippen molar-refractivity contribution in [2.45, 2.75) is 25.7 Å². The number of benzene rings is 1. The van der Waals surface area contributed by atoms with Gasteiger partial charge in [0.05, 0.1) is 5.69 Å². The van der Waals surface area contributed by atoms with Crippen LogP contribution in [0.1, 0.15) is 42.6 Å².